The normalized spacial score (nSPS) is 24.1. The number of fused-ring (bicyclic) bond motifs is 4. The van der Waals surface area contributed by atoms with Crippen LogP contribution in [-0.4, -0.2) is 31.0 Å². The minimum atomic E-state index is -0.800. The number of nitrogens with one attached hydrogen (secondary N) is 1. The lowest BCUT2D eigenvalue weighted by atomic mass is 9.57. The quantitative estimate of drug-likeness (QED) is 0.382. The molecule has 2 N–H and O–H groups in total. The van der Waals surface area contributed by atoms with Crippen LogP contribution in [0.2, 0.25) is 0 Å². The summed E-state index contributed by atoms with van der Waals surface area (Å²) in [5, 5.41) is 12.3. The Labute approximate surface area is 198 Å². The molecule has 0 unspecified atom stereocenters. The molecule has 174 valence electrons. The number of thiophene rings is 1. The molecule has 0 radical (unpaired) electrons. The number of hydrogen-bond donors (Lipinski definition) is 2. The van der Waals surface area contributed by atoms with Crippen LogP contribution in [0.3, 0.4) is 0 Å². The molecule has 34 heavy (non-hydrogen) atoms. The molecule has 0 aromatic carbocycles. The van der Waals surface area contributed by atoms with Crippen molar-refractivity contribution in [2.45, 2.75) is 32.1 Å². The van der Waals surface area contributed by atoms with Crippen molar-refractivity contribution in [3.63, 3.8) is 0 Å². The van der Waals surface area contributed by atoms with E-state index >= 15 is 4.39 Å². The first-order valence-electron chi connectivity index (χ1n) is 11.5. The van der Waals surface area contributed by atoms with Crippen molar-refractivity contribution >= 4 is 28.3 Å². The van der Waals surface area contributed by atoms with Crippen molar-refractivity contribution in [2.75, 3.05) is 0 Å². The summed E-state index contributed by atoms with van der Waals surface area (Å²) >= 11 is 1.37. The Kier molecular flexibility index (Phi) is 5.17. The summed E-state index contributed by atoms with van der Waals surface area (Å²) in [4.78, 5) is 29.0. The Balaban J connectivity index is 1.49. The van der Waals surface area contributed by atoms with E-state index < -0.39 is 23.5 Å². The van der Waals surface area contributed by atoms with Gasteiger partial charge in [0, 0.05) is 17.1 Å². The first-order chi connectivity index (χ1) is 16.5. The second kappa shape index (κ2) is 8.23. The molecule has 0 spiro atoms. The third-order valence-electron chi connectivity index (χ3n) is 7.52. The molecule has 2 bridgehead atoms. The molecule has 3 aliphatic rings. The Morgan fingerprint density at radius 1 is 1.18 bits per heavy atom. The van der Waals surface area contributed by atoms with Crippen LogP contribution in [0.15, 0.2) is 36.0 Å². The number of hydrogen-bond acceptors (Lipinski definition) is 5. The maximum absolute atomic E-state index is 15.8. The summed E-state index contributed by atoms with van der Waals surface area (Å²) in [6, 6.07) is 4.97. The topological polar surface area (TPSA) is 91.8 Å². The van der Waals surface area contributed by atoms with E-state index in [1.54, 1.807) is 12.3 Å². The van der Waals surface area contributed by atoms with E-state index in [0.29, 0.717) is 21.5 Å². The predicted octanol–water partition coefficient (Wildman–Crippen LogP) is 5.71. The lowest BCUT2D eigenvalue weighted by molar-refractivity contribution is -0.152. The number of carboxylic acid groups (broad SMARTS) is 1. The average molecular weight is 481 g/mol. The fraction of sp³-hybridized carbons (Fsp3) is 0.360. The molecular formula is C25H22F2N4O2S. The van der Waals surface area contributed by atoms with Crippen molar-refractivity contribution in [1.29, 1.82) is 0 Å². The second-order valence-corrected chi connectivity index (χ2v) is 10.2. The lowest BCUT2D eigenvalue weighted by Gasteiger charge is -2.46. The maximum Gasteiger partial charge on any atom is 0.307 e. The first kappa shape index (κ1) is 21.3. The predicted molar refractivity (Wildman–Crippen MR) is 124 cm³/mol. The molecule has 7 rings (SSSR count). The van der Waals surface area contributed by atoms with E-state index in [2.05, 4.69) is 19.9 Å². The smallest absolute Gasteiger partial charge is 0.307 e. The summed E-state index contributed by atoms with van der Waals surface area (Å²) in [7, 11) is 0. The molecule has 0 saturated heterocycles. The molecule has 3 fully saturated rings. The number of halogens is 2. The zero-order valence-electron chi connectivity index (χ0n) is 18.2. The minimum Gasteiger partial charge on any atom is -0.481 e. The third-order valence-corrected chi connectivity index (χ3v) is 8.39. The number of carboxylic acids is 1. The van der Waals surface area contributed by atoms with Gasteiger partial charge in [0.15, 0.2) is 11.6 Å². The fourth-order valence-electron chi connectivity index (χ4n) is 5.97. The Morgan fingerprint density at radius 2 is 1.97 bits per heavy atom. The number of H-pyrrole nitrogens is 1. The number of aliphatic carboxylic acids is 1. The highest BCUT2D eigenvalue weighted by Crippen LogP contribution is 2.50. The summed E-state index contributed by atoms with van der Waals surface area (Å²) < 4.78 is 29.8. The maximum atomic E-state index is 15.8. The van der Waals surface area contributed by atoms with E-state index in [9.17, 15) is 14.3 Å². The van der Waals surface area contributed by atoms with E-state index in [1.807, 2.05) is 11.4 Å². The third kappa shape index (κ3) is 3.50. The van der Waals surface area contributed by atoms with Gasteiger partial charge >= 0.3 is 5.97 Å². The highest BCUT2D eigenvalue weighted by molar-refractivity contribution is 7.13. The van der Waals surface area contributed by atoms with Gasteiger partial charge in [-0.2, -0.15) is 0 Å². The van der Waals surface area contributed by atoms with Crippen LogP contribution in [0.1, 0.15) is 31.4 Å². The monoisotopic (exact) mass is 480 g/mol. The highest BCUT2D eigenvalue weighted by Gasteiger charge is 2.47. The number of aromatic amines is 1. The molecule has 0 amide bonds. The molecular weight excluding hydrogens is 458 g/mol. The van der Waals surface area contributed by atoms with Crippen LogP contribution >= 0.6 is 11.3 Å². The van der Waals surface area contributed by atoms with Crippen LogP contribution in [0.4, 0.5) is 8.78 Å². The van der Waals surface area contributed by atoms with Crippen molar-refractivity contribution in [3.8, 4) is 22.0 Å². The molecule has 4 aromatic heterocycles. The summed E-state index contributed by atoms with van der Waals surface area (Å²) in [5.41, 5.74) is 1.41. The van der Waals surface area contributed by atoms with Crippen LogP contribution in [0.25, 0.3) is 33.0 Å². The molecule has 9 heteroatoms. The number of nitrogens with zero attached hydrogens (tertiary/aromatic N) is 3. The van der Waals surface area contributed by atoms with E-state index in [-0.39, 0.29) is 41.4 Å². The summed E-state index contributed by atoms with van der Waals surface area (Å²) in [6.45, 7) is 0. The first-order valence-corrected chi connectivity index (χ1v) is 12.3. The van der Waals surface area contributed by atoms with Crippen molar-refractivity contribution in [3.05, 3.63) is 53.3 Å². The molecule has 4 heterocycles. The largest absolute Gasteiger partial charge is 0.481 e. The number of rotatable bonds is 5. The van der Waals surface area contributed by atoms with Crippen molar-refractivity contribution in [1.82, 2.24) is 19.9 Å². The van der Waals surface area contributed by atoms with E-state index in [1.165, 1.54) is 17.4 Å². The summed E-state index contributed by atoms with van der Waals surface area (Å²) in [6.07, 6.45) is 6.81. The Morgan fingerprint density at radius 3 is 2.71 bits per heavy atom. The SMILES string of the molecule is O=C(O)[C@H]1C2CCC(CC2)[C@@H]1Cc1nc(-c2c[nH]c3ncc(F)cc23)nc(-c2cccs2)c1F. The zero-order chi connectivity index (χ0) is 23.4. The van der Waals surface area contributed by atoms with Gasteiger partial charge in [-0.3, -0.25) is 4.79 Å². The zero-order valence-corrected chi connectivity index (χ0v) is 19.0. The molecule has 3 saturated carbocycles. The van der Waals surface area contributed by atoms with E-state index in [4.69, 9.17) is 0 Å². The van der Waals surface area contributed by atoms with Crippen LogP contribution in [0.5, 0.6) is 0 Å². The van der Waals surface area contributed by atoms with Gasteiger partial charge in [0.1, 0.15) is 17.2 Å². The van der Waals surface area contributed by atoms with Crippen molar-refractivity contribution in [2.24, 2.45) is 23.7 Å². The molecule has 6 nitrogen and oxygen atoms in total. The summed E-state index contributed by atoms with van der Waals surface area (Å²) in [5.74, 6) is -1.80. The number of aromatic nitrogens is 4. The fourth-order valence-corrected chi connectivity index (χ4v) is 6.67. The molecule has 2 atom stereocenters. The van der Waals surface area contributed by atoms with Gasteiger partial charge in [0.05, 0.1) is 22.7 Å². The second-order valence-electron chi connectivity index (χ2n) is 9.29. The molecule has 3 aliphatic carbocycles. The van der Waals surface area contributed by atoms with E-state index in [0.717, 1.165) is 31.9 Å². The standard InChI is InChI=1S/C25H22F2N4O2S/c26-14-8-16-17(11-29-23(16)28-10-14)24-30-18(21(27)22(31-24)19-2-1-7-34-19)9-15-12-3-5-13(6-4-12)20(15)25(32)33/h1-2,7-8,10-13,15,20H,3-6,9H2,(H,28,29)(H,32,33)/t12?,13?,15-,20-/m0/s1. The van der Waals surface area contributed by atoms with Crippen LogP contribution < -0.4 is 0 Å². The number of carbonyl (C=O) groups is 1. The van der Waals surface area contributed by atoms with Crippen molar-refractivity contribution < 1.29 is 18.7 Å². The van der Waals surface area contributed by atoms with Gasteiger partial charge < -0.3 is 10.1 Å². The van der Waals surface area contributed by atoms with Gasteiger partial charge in [-0.15, -0.1) is 11.3 Å². The molecule has 0 aliphatic heterocycles. The average Bonchev–Trinajstić information content (AvgIpc) is 3.51. The van der Waals surface area contributed by atoms with Gasteiger partial charge in [0.2, 0.25) is 0 Å². The van der Waals surface area contributed by atoms with Gasteiger partial charge in [-0.1, -0.05) is 6.07 Å². The Bertz CT molecular complexity index is 1380. The minimum absolute atomic E-state index is 0.135. The lowest BCUT2D eigenvalue weighted by Crippen LogP contribution is -2.45. The van der Waals surface area contributed by atoms with Gasteiger partial charge in [-0.25, -0.2) is 23.7 Å². The Hall–Kier alpha value is -3.20. The van der Waals surface area contributed by atoms with Gasteiger partial charge in [-0.05, 0) is 67.4 Å². The highest BCUT2D eigenvalue weighted by atomic mass is 32.1. The van der Waals surface area contributed by atoms with Gasteiger partial charge in [0.25, 0.3) is 0 Å². The van der Waals surface area contributed by atoms with Crippen LogP contribution in [-0.2, 0) is 11.2 Å². The van der Waals surface area contributed by atoms with Crippen LogP contribution in [0, 0.1) is 35.3 Å². The molecule has 4 aromatic rings. The number of pyridine rings is 1.